The number of carbonyl (C=O) groups is 2. The van der Waals surface area contributed by atoms with Crippen molar-refractivity contribution in [1.29, 1.82) is 0 Å². The quantitative estimate of drug-likeness (QED) is 0.778. The van der Waals surface area contributed by atoms with E-state index >= 15 is 0 Å². The summed E-state index contributed by atoms with van der Waals surface area (Å²) in [5.74, 6) is 0.325. The first-order valence-corrected chi connectivity index (χ1v) is 7.54. The van der Waals surface area contributed by atoms with Crippen LogP contribution in [0.4, 0.5) is 0 Å². The van der Waals surface area contributed by atoms with E-state index in [9.17, 15) is 9.59 Å². The Kier molecular flexibility index (Phi) is 4.65. The zero-order valence-corrected chi connectivity index (χ0v) is 12.1. The maximum atomic E-state index is 11.4. The van der Waals surface area contributed by atoms with Crippen LogP contribution in [0.25, 0.3) is 0 Å². The highest BCUT2D eigenvalue weighted by molar-refractivity contribution is 7.98. The Labute approximate surface area is 121 Å². The van der Waals surface area contributed by atoms with Crippen LogP contribution in [0.3, 0.4) is 0 Å². The van der Waals surface area contributed by atoms with E-state index in [-0.39, 0.29) is 11.8 Å². The van der Waals surface area contributed by atoms with Crippen molar-refractivity contribution in [2.24, 2.45) is 5.41 Å². The standard InChI is InChI=1S/C14H17NO4S/c1-19-13(18)11-4-2-3-10(15-11)8-20-9-14(5-6-14)7-12(16)17/h2-4H,5-9H2,1H3,(H,16,17). The highest BCUT2D eigenvalue weighted by Gasteiger charge is 2.44. The van der Waals surface area contributed by atoms with E-state index in [0.29, 0.717) is 11.4 Å². The molecule has 108 valence electrons. The molecule has 0 unspecified atom stereocenters. The number of ether oxygens (including phenoxy) is 1. The van der Waals surface area contributed by atoms with Crippen LogP contribution in [-0.4, -0.2) is 34.9 Å². The zero-order valence-electron chi connectivity index (χ0n) is 11.3. The number of esters is 1. The van der Waals surface area contributed by atoms with Crippen molar-refractivity contribution in [2.45, 2.75) is 25.0 Å². The Bertz CT molecular complexity index is 514. The highest BCUT2D eigenvalue weighted by Crippen LogP contribution is 2.51. The summed E-state index contributed by atoms with van der Waals surface area (Å²) < 4.78 is 4.63. The van der Waals surface area contributed by atoms with Gasteiger partial charge in [0.2, 0.25) is 0 Å². The first kappa shape index (κ1) is 14.8. The van der Waals surface area contributed by atoms with Gasteiger partial charge in [0, 0.05) is 5.75 Å². The minimum atomic E-state index is -0.728. The van der Waals surface area contributed by atoms with E-state index in [0.717, 1.165) is 24.3 Å². The van der Waals surface area contributed by atoms with Gasteiger partial charge in [0.15, 0.2) is 0 Å². The van der Waals surface area contributed by atoms with Gasteiger partial charge in [0.25, 0.3) is 0 Å². The number of methoxy groups -OCH3 is 1. The third-order valence-electron chi connectivity index (χ3n) is 3.34. The lowest BCUT2D eigenvalue weighted by Crippen LogP contribution is -2.11. The van der Waals surface area contributed by atoms with E-state index in [4.69, 9.17) is 5.11 Å². The smallest absolute Gasteiger partial charge is 0.356 e. The van der Waals surface area contributed by atoms with Crippen LogP contribution in [0.5, 0.6) is 0 Å². The van der Waals surface area contributed by atoms with Crippen LogP contribution < -0.4 is 0 Å². The molecule has 1 aromatic heterocycles. The summed E-state index contributed by atoms with van der Waals surface area (Å²) in [5.41, 5.74) is 1.09. The van der Waals surface area contributed by atoms with Crippen LogP contribution in [0.15, 0.2) is 18.2 Å². The molecule has 1 fully saturated rings. The molecular weight excluding hydrogens is 278 g/mol. The van der Waals surface area contributed by atoms with Crippen LogP contribution in [0.2, 0.25) is 0 Å². The molecule has 0 aliphatic heterocycles. The number of aliphatic carboxylic acids is 1. The van der Waals surface area contributed by atoms with Crippen LogP contribution in [0, 0.1) is 5.41 Å². The van der Waals surface area contributed by atoms with Gasteiger partial charge < -0.3 is 9.84 Å². The Morgan fingerprint density at radius 2 is 2.20 bits per heavy atom. The average molecular weight is 295 g/mol. The molecule has 0 spiro atoms. The van der Waals surface area contributed by atoms with E-state index in [2.05, 4.69) is 9.72 Å². The number of hydrogen-bond acceptors (Lipinski definition) is 5. The predicted molar refractivity (Wildman–Crippen MR) is 75.7 cm³/mol. The van der Waals surface area contributed by atoms with Gasteiger partial charge in [-0.2, -0.15) is 11.8 Å². The monoisotopic (exact) mass is 295 g/mol. The molecule has 20 heavy (non-hydrogen) atoms. The first-order chi connectivity index (χ1) is 9.54. The number of carboxylic acids is 1. The third-order valence-corrected chi connectivity index (χ3v) is 4.66. The fourth-order valence-corrected chi connectivity index (χ4v) is 3.32. The number of nitrogens with zero attached hydrogens (tertiary/aromatic N) is 1. The average Bonchev–Trinajstić information content (AvgIpc) is 3.17. The molecule has 1 saturated carbocycles. The van der Waals surface area contributed by atoms with Gasteiger partial charge in [-0.05, 0) is 36.1 Å². The van der Waals surface area contributed by atoms with Gasteiger partial charge in [-0.25, -0.2) is 9.78 Å². The summed E-state index contributed by atoms with van der Waals surface area (Å²) in [6, 6.07) is 5.25. The fourth-order valence-electron chi connectivity index (χ4n) is 2.02. The second-order valence-electron chi connectivity index (χ2n) is 5.07. The molecule has 1 heterocycles. The molecule has 0 amide bonds. The predicted octanol–water partition coefficient (Wildman–Crippen LogP) is 2.36. The van der Waals surface area contributed by atoms with E-state index in [1.54, 1.807) is 23.9 Å². The van der Waals surface area contributed by atoms with Crippen molar-refractivity contribution >= 4 is 23.7 Å². The number of thioether (sulfide) groups is 1. The number of rotatable bonds is 7. The van der Waals surface area contributed by atoms with E-state index < -0.39 is 11.9 Å². The molecule has 6 heteroatoms. The summed E-state index contributed by atoms with van der Waals surface area (Å²) in [6.45, 7) is 0. The number of aromatic nitrogens is 1. The lowest BCUT2D eigenvalue weighted by Gasteiger charge is -2.11. The number of hydrogen-bond donors (Lipinski definition) is 1. The number of carboxylic acid groups (broad SMARTS) is 1. The lowest BCUT2D eigenvalue weighted by atomic mass is 10.1. The maximum absolute atomic E-state index is 11.4. The molecule has 1 aromatic rings. The molecule has 1 N–H and O–H groups in total. The minimum Gasteiger partial charge on any atom is -0.481 e. The molecule has 0 aromatic carbocycles. The van der Waals surface area contributed by atoms with Crippen LogP contribution in [0.1, 0.15) is 35.4 Å². The van der Waals surface area contributed by atoms with E-state index in [1.165, 1.54) is 7.11 Å². The second kappa shape index (κ2) is 6.26. The SMILES string of the molecule is COC(=O)c1cccc(CSCC2(CC(=O)O)CC2)n1. The molecule has 1 aliphatic rings. The van der Waals surface area contributed by atoms with Crippen molar-refractivity contribution in [3.63, 3.8) is 0 Å². The Morgan fingerprint density at radius 3 is 2.80 bits per heavy atom. The molecule has 0 bridgehead atoms. The van der Waals surface area contributed by atoms with Crippen molar-refractivity contribution in [1.82, 2.24) is 4.98 Å². The molecule has 0 saturated heterocycles. The largest absolute Gasteiger partial charge is 0.481 e. The number of pyridine rings is 1. The molecule has 0 radical (unpaired) electrons. The second-order valence-corrected chi connectivity index (χ2v) is 6.05. The third kappa shape index (κ3) is 3.96. The van der Waals surface area contributed by atoms with Crippen molar-refractivity contribution in [3.8, 4) is 0 Å². The summed E-state index contributed by atoms with van der Waals surface area (Å²) in [5, 5.41) is 8.86. The highest BCUT2D eigenvalue weighted by atomic mass is 32.2. The van der Waals surface area contributed by atoms with Gasteiger partial charge in [-0.1, -0.05) is 6.07 Å². The van der Waals surface area contributed by atoms with Gasteiger partial charge in [0.05, 0.1) is 19.2 Å². The molecule has 5 nitrogen and oxygen atoms in total. The van der Waals surface area contributed by atoms with Crippen LogP contribution >= 0.6 is 11.8 Å². The molecule has 1 aliphatic carbocycles. The van der Waals surface area contributed by atoms with Crippen molar-refractivity contribution < 1.29 is 19.4 Å². The van der Waals surface area contributed by atoms with Gasteiger partial charge >= 0.3 is 11.9 Å². The molecule has 0 atom stereocenters. The molecule has 2 rings (SSSR count). The Balaban J connectivity index is 1.85. The van der Waals surface area contributed by atoms with E-state index in [1.807, 2.05) is 6.07 Å². The van der Waals surface area contributed by atoms with Gasteiger partial charge in [0.1, 0.15) is 5.69 Å². The summed E-state index contributed by atoms with van der Waals surface area (Å²) in [7, 11) is 1.33. The van der Waals surface area contributed by atoms with Crippen molar-refractivity contribution in [3.05, 3.63) is 29.6 Å². The Hall–Kier alpha value is -1.56. The number of carbonyl (C=O) groups excluding carboxylic acids is 1. The first-order valence-electron chi connectivity index (χ1n) is 6.38. The molecular formula is C14H17NO4S. The summed E-state index contributed by atoms with van der Waals surface area (Å²) in [4.78, 5) is 26.4. The summed E-state index contributed by atoms with van der Waals surface area (Å²) >= 11 is 1.67. The topological polar surface area (TPSA) is 76.5 Å². The Morgan fingerprint density at radius 1 is 1.45 bits per heavy atom. The van der Waals surface area contributed by atoms with Gasteiger partial charge in [-0.15, -0.1) is 0 Å². The normalized spacial score (nSPS) is 15.7. The van der Waals surface area contributed by atoms with Crippen molar-refractivity contribution in [2.75, 3.05) is 12.9 Å². The lowest BCUT2D eigenvalue weighted by molar-refractivity contribution is -0.138. The maximum Gasteiger partial charge on any atom is 0.356 e. The minimum absolute atomic E-state index is 0.0174. The van der Waals surface area contributed by atoms with Crippen LogP contribution in [-0.2, 0) is 15.3 Å². The summed E-state index contributed by atoms with van der Waals surface area (Å²) in [6.07, 6.45) is 2.22. The zero-order chi connectivity index (χ0) is 14.6. The van der Waals surface area contributed by atoms with Gasteiger partial charge in [-0.3, -0.25) is 4.79 Å². The fraction of sp³-hybridized carbons (Fsp3) is 0.500.